The Morgan fingerprint density at radius 3 is 1.51 bits per heavy atom. The molecular weight excluding hydrogens is 544 g/mol. The third-order valence-corrected chi connectivity index (χ3v) is 9.64. The number of rotatable bonds is 3. The van der Waals surface area contributed by atoms with Crippen LogP contribution in [0.2, 0.25) is 0 Å². The number of benzene rings is 7. The molecule has 0 N–H and O–H groups in total. The van der Waals surface area contributed by atoms with E-state index in [1.165, 1.54) is 54.6 Å². The molecule has 2 heteroatoms. The van der Waals surface area contributed by atoms with Crippen molar-refractivity contribution >= 4 is 32.3 Å². The van der Waals surface area contributed by atoms with Crippen LogP contribution in [0.1, 0.15) is 25.0 Å². The minimum absolute atomic E-state index is 0.218. The molecule has 0 fully saturated rings. The van der Waals surface area contributed by atoms with E-state index in [1.807, 2.05) is 12.1 Å². The second-order valence-corrected chi connectivity index (χ2v) is 12.6. The molecule has 0 aliphatic heterocycles. The predicted octanol–water partition coefficient (Wildman–Crippen LogP) is 11.2. The largest absolute Gasteiger partial charge is 0.228 e. The van der Waals surface area contributed by atoms with Gasteiger partial charge in [0, 0.05) is 22.1 Å². The molecule has 1 aliphatic rings. The van der Waals surface area contributed by atoms with Gasteiger partial charge in [-0.3, -0.25) is 0 Å². The third-order valence-electron chi connectivity index (χ3n) is 9.64. The summed E-state index contributed by atoms with van der Waals surface area (Å²) in [5.74, 6) is 0.742. The molecule has 0 radical (unpaired) electrons. The lowest BCUT2D eigenvalue weighted by atomic mass is 9.78. The minimum atomic E-state index is -0.218. The number of hydrogen-bond donors (Lipinski definition) is 0. The molecule has 8 aromatic rings. The summed E-state index contributed by atoms with van der Waals surface area (Å²) in [4.78, 5) is 10.3. The highest BCUT2D eigenvalue weighted by Crippen LogP contribution is 2.54. The summed E-state index contributed by atoms with van der Waals surface area (Å²) in [5.41, 5.74) is 10.1. The van der Waals surface area contributed by atoms with Gasteiger partial charge in [-0.15, -0.1) is 0 Å². The highest BCUT2D eigenvalue weighted by molar-refractivity contribution is 6.27. The van der Waals surface area contributed by atoms with Crippen LogP contribution in [0, 0.1) is 0 Å². The number of hydrogen-bond acceptors (Lipinski definition) is 2. The fourth-order valence-corrected chi connectivity index (χ4v) is 7.53. The summed E-state index contributed by atoms with van der Waals surface area (Å²) in [5, 5.41) is 7.91. The van der Waals surface area contributed by atoms with E-state index >= 15 is 0 Å². The molecule has 0 spiro atoms. The second-order valence-electron chi connectivity index (χ2n) is 12.6. The van der Waals surface area contributed by atoms with Gasteiger partial charge in [0.25, 0.3) is 0 Å². The van der Waals surface area contributed by atoms with Crippen LogP contribution in [0.25, 0.3) is 77.3 Å². The standard InChI is InChI=1S/C43H30N2/c1-43(2)37-25-29(42-44-38(27-13-5-3-6-14-27)26-39(45-42)28-15-7-4-8-16-28)21-22-33(37)36-24-23-35-32-19-10-9-17-30(32)31-18-11-12-20-34(31)40(35)41(36)43/h3-26H,1-2H3. The lowest BCUT2D eigenvalue weighted by Gasteiger charge is -2.25. The van der Waals surface area contributed by atoms with Gasteiger partial charge in [0.05, 0.1) is 11.4 Å². The Bertz CT molecular complexity index is 2350. The Kier molecular flexibility index (Phi) is 5.58. The highest BCUT2D eigenvalue weighted by Gasteiger charge is 2.38. The van der Waals surface area contributed by atoms with E-state index in [-0.39, 0.29) is 5.41 Å². The molecule has 0 bridgehead atoms. The Balaban J connectivity index is 1.27. The van der Waals surface area contributed by atoms with Gasteiger partial charge in [-0.25, -0.2) is 9.97 Å². The summed E-state index contributed by atoms with van der Waals surface area (Å²) in [6.07, 6.45) is 0. The maximum Gasteiger partial charge on any atom is 0.160 e. The fraction of sp³-hybridized carbons (Fsp3) is 0.0698. The summed E-state index contributed by atoms with van der Waals surface area (Å²) in [6, 6.07) is 52.1. The predicted molar refractivity (Wildman–Crippen MR) is 188 cm³/mol. The molecule has 212 valence electrons. The zero-order valence-corrected chi connectivity index (χ0v) is 25.3. The molecule has 7 aromatic carbocycles. The van der Waals surface area contributed by atoms with Crippen molar-refractivity contribution in [2.75, 3.05) is 0 Å². The Labute approximate surface area is 262 Å². The number of fused-ring (bicyclic) bond motifs is 10. The van der Waals surface area contributed by atoms with Crippen LogP contribution in [0.3, 0.4) is 0 Å². The zero-order chi connectivity index (χ0) is 30.1. The number of nitrogens with zero attached hydrogens (tertiary/aromatic N) is 2. The molecule has 9 rings (SSSR count). The van der Waals surface area contributed by atoms with E-state index in [2.05, 4.69) is 147 Å². The average molecular weight is 575 g/mol. The molecule has 0 unspecified atom stereocenters. The monoisotopic (exact) mass is 574 g/mol. The molecule has 0 saturated carbocycles. The van der Waals surface area contributed by atoms with Crippen LogP contribution < -0.4 is 0 Å². The van der Waals surface area contributed by atoms with Crippen LogP contribution in [0.5, 0.6) is 0 Å². The van der Waals surface area contributed by atoms with Crippen LogP contribution in [-0.2, 0) is 5.41 Å². The van der Waals surface area contributed by atoms with Crippen molar-refractivity contribution in [2.24, 2.45) is 0 Å². The molecule has 0 atom stereocenters. The normalized spacial score (nSPS) is 13.3. The van der Waals surface area contributed by atoms with E-state index in [1.54, 1.807) is 0 Å². The van der Waals surface area contributed by atoms with E-state index in [4.69, 9.17) is 9.97 Å². The lowest BCUT2D eigenvalue weighted by Crippen LogP contribution is -2.16. The zero-order valence-electron chi connectivity index (χ0n) is 25.3. The summed E-state index contributed by atoms with van der Waals surface area (Å²) >= 11 is 0. The topological polar surface area (TPSA) is 25.8 Å². The third kappa shape index (κ3) is 3.89. The molecule has 1 aromatic heterocycles. The first-order valence-corrected chi connectivity index (χ1v) is 15.6. The quantitative estimate of drug-likeness (QED) is 0.196. The van der Waals surface area contributed by atoms with Crippen molar-refractivity contribution in [3.05, 3.63) is 157 Å². The van der Waals surface area contributed by atoms with Gasteiger partial charge in [0.2, 0.25) is 0 Å². The second kappa shape index (κ2) is 9.70. The molecule has 45 heavy (non-hydrogen) atoms. The van der Waals surface area contributed by atoms with Gasteiger partial charge in [-0.05, 0) is 66.7 Å². The average Bonchev–Trinajstić information content (AvgIpc) is 3.34. The molecular formula is C43H30N2. The van der Waals surface area contributed by atoms with Gasteiger partial charge in [0.1, 0.15) is 0 Å². The maximum absolute atomic E-state index is 5.14. The highest BCUT2D eigenvalue weighted by atomic mass is 14.9. The first-order chi connectivity index (χ1) is 22.1. The molecule has 1 heterocycles. The summed E-state index contributed by atoms with van der Waals surface area (Å²) in [7, 11) is 0. The molecule has 1 aliphatic carbocycles. The van der Waals surface area contributed by atoms with Crippen molar-refractivity contribution in [1.82, 2.24) is 9.97 Å². The van der Waals surface area contributed by atoms with Crippen molar-refractivity contribution in [3.8, 4) is 45.0 Å². The Morgan fingerprint density at radius 2 is 0.911 bits per heavy atom. The smallest absolute Gasteiger partial charge is 0.160 e. The van der Waals surface area contributed by atoms with Crippen molar-refractivity contribution < 1.29 is 0 Å². The van der Waals surface area contributed by atoms with Crippen LogP contribution in [0.4, 0.5) is 0 Å². The van der Waals surface area contributed by atoms with E-state index in [0.29, 0.717) is 0 Å². The first-order valence-electron chi connectivity index (χ1n) is 15.6. The first kappa shape index (κ1) is 25.9. The molecule has 0 amide bonds. The van der Waals surface area contributed by atoms with Gasteiger partial charge in [0.15, 0.2) is 5.82 Å². The van der Waals surface area contributed by atoms with E-state index in [0.717, 1.165) is 33.9 Å². The van der Waals surface area contributed by atoms with Crippen LogP contribution in [-0.4, -0.2) is 9.97 Å². The Morgan fingerprint density at radius 1 is 0.422 bits per heavy atom. The van der Waals surface area contributed by atoms with Crippen molar-refractivity contribution in [2.45, 2.75) is 19.3 Å². The summed E-state index contributed by atoms with van der Waals surface area (Å²) in [6.45, 7) is 4.75. The van der Waals surface area contributed by atoms with Gasteiger partial charge < -0.3 is 0 Å². The number of aromatic nitrogens is 2. The van der Waals surface area contributed by atoms with Gasteiger partial charge >= 0.3 is 0 Å². The Hall–Kier alpha value is -5.60. The van der Waals surface area contributed by atoms with Gasteiger partial charge in [-0.1, -0.05) is 147 Å². The van der Waals surface area contributed by atoms with Crippen LogP contribution in [0.15, 0.2) is 146 Å². The van der Waals surface area contributed by atoms with E-state index < -0.39 is 0 Å². The molecule has 0 saturated heterocycles. The maximum atomic E-state index is 5.14. The fourth-order valence-electron chi connectivity index (χ4n) is 7.53. The minimum Gasteiger partial charge on any atom is -0.228 e. The van der Waals surface area contributed by atoms with Crippen molar-refractivity contribution in [3.63, 3.8) is 0 Å². The summed E-state index contributed by atoms with van der Waals surface area (Å²) < 4.78 is 0. The van der Waals surface area contributed by atoms with Gasteiger partial charge in [-0.2, -0.15) is 0 Å². The van der Waals surface area contributed by atoms with Crippen LogP contribution >= 0.6 is 0 Å². The van der Waals surface area contributed by atoms with Crippen molar-refractivity contribution in [1.29, 1.82) is 0 Å². The van der Waals surface area contributed by atoms with E-state index in [9.17, 15) is 0 Å². The SMILES string of the molecule is CC1(C)c2cc(-c3nc(-c4ccccc4)cc(-c4ccccc4)n3)ccc2-c2ccc3c4ccccc4c4ccccc4c3c21. The lowest BCUT2D eigenvalue weighted by molar-refractivity contribution is 0.667. The molecule has 2 nitrogen and oxygen atoms in total.